The molecule has 96 valence electrons. The van der Waals surface area contributed by atoms with Crippen molar-refractivity contribution >= 4 is 17.4 Å². The second kappa shape index (κ2) is 4.57. The van der Waals surface area contributed by atoms with Crippen molar-refractivity contribution < 1.29 is 4.79 Å². The Morgan fingerprint density at radius 2 is 2.00 bits per heavy atom. The van der Waals surface area contributed by atoms with Crippen LogP contribution in [-0.2, 0) is 20.5 Å². The van der Waals surface area contributed by atoms with E-state index in [9.17, 15) is 4.79 Å². The SMILES string of the molecule is Cc1nn(C)c(CC(=O)c2cnn(C)c2C)c1Cl. The quantitative estimate of drug-likeness (QED) is 0.797. The van der Waals surface area contributed by atoms with Gasteiger partial charge in [-0.2, -0.15) is 10.2 Å². The first kappa shape index (κ1) is 12.8. The fourth-order valence-electron chi connectivity index (χ4n) is 1.89. The fraction of sp³-hybridized carbons (Fsp3) is 0.417. The molecule has 0 fully saturated rings. The summed E-state index contributed by atoms with van der Waals surface area (Å²) in [4.78, 5) is 12.2. The molecule has 0 saturated heterocycles. The summed E-state index contributed by atoms with van der Waals surface area (Å²) in [5.41, 5.74) is 2.97. The maximum atomic E-state index is 12.2. The number of halogens is 1. The van der Waals surface area contributed by atoms with Crippen molar-refractivity contribution in [3.63, 3.8) is 0 Å². The molecule has 0 aliphatic carbocycles. The van der Waals surface area contributed by atoms with Crippen LogP contribution in [0.2, 0.25) is 5.02 Å². The minimum absolute atomic E-state index is 0.00509. The molecule has 2 aromatic heterocycles. The van der Waals surface area contributed by atoms with Gasteiger partial charge in [-0.3, -0.25) is 14.2 Å². The van der Waals surface area contributed by atoms with Crippen molar-refractivity contribution in [2.24, 2.45) is 14.1 Å². The van der Waals surface area contributed by atoms with Crippen LogP contribution < -0.4 is 0 Å². The number of hydrogen-bond acceptors (Lipinski definition) is 3. The van der Waals surface area contributed by atoms with E-state index in [-0.39, 0.29) is 12.2 Å². The van der Waals surface area contributed by atoms with Gasteiger partial charge < -0.3 is 0 Å². The van der Waals surface area contributed by atoms with E-state index in [1.165, 1.54) is 0 Å². The Morgan fingerprint density at radius 1 is 1.33 bits per heavy atom. The van der Waals surface area contributed by atoms with Crippen molar-refractivity contribution in [2.75, 3.05) is 0 Å². The second-order valence-corrected chi connectivity index (χ2v) is 4.71. The highest BCUT2D eigenvalue weighted by Gasteiger charge is 2.18. The van der Waals surface area contributed by atoms with E-state index >= 15 is 0 Å². The Hall–Kier alpha value is -1.62. The molecule has 0 unspecified atom stereocenters. The van der Waals surface area contributed by atoms with E-state index in [2.05, 4.69) is 10.2 Å². The van der Waals surface area contributed by atoms with Crippen molar-refractivity contribution in [2.45, 2.75) is 20.3 Å². The van der Waals surface area contributed by atoms with Gasteiger partial charge in [-0.1, -0.05) is 11.6 Å². The smallest absolute Gasteiger partial charge is 0.172 e. The third kappa shape index (κ3) is 2.06. The number of aryl methyl sites for hydroxylation is 3. The van der Waals surface area contributed by atoms with Gasteiger partial charge in [0.2, 0.25) is 0 Å². The maximum absolute atomic E-state index is 12.2. The van der Waals surface area contributed by atoms with Crippen molar-refractivity contribution in [1.82, 2.24) is 19.6 Å². The molecular formula is C12H15ClN4O. The Morgan fingerprint density at radius 3 is 2.44 bits per heavy atom. The molecule has 0 amide bonds. The Balaban J connectivity index is 2.30. The molecule has 6 heteroatoms. The molecule has 0 aromatic carbocycles. The monoisotopic (exact) mass is 266 g/mol. The van der Waals surface area contributed by atoms with Crippen LogP contribution in [-0.4, -0.2) is 25.3 Å². The summed E-state index contributed by atoms with van der Waals surface area (Å²) < 4.78 is 3.34. The minimum Gasteiger partial charge on any atom is -0.294 e. The first-order chi connectivity index (χ1) is 8.41. The van der Waals surface area contributed by atoms with Gasteiger partial charge in [-0.25, -0.2) is 0 Å². The number of ketones is 1. The first-order valence-electron chi connectivity index (χ1n) is 5.61. The number of carbonyl (C=O) groups is 1. The van der Waals surface area contributed by atoms with Gasteiger partial charge in [0, 0.05) is 19.8 Å². The zero-order valence-electron chi connectivity index (χ0n) is 10.9. The zero-order valence-corrected chi connectivity index (χ0v) is 11.6. The lowest BCUT2D eigenvalue weighted by atomic mass is 10.1. The van der Waals surface area contributed by atoms with Crippen LogP contribution in [0.3, 0.4) is 0 Å². The third-order valence-corrected chi connectivity index (χ3v) is 3.62. The molecule has 0 N–H and O–H groups in total. The highest BCUT2D eigenvalue weighted by molar-refractivity contribution is 6.32. The molecule has 0 spiro atoms. The number of hydrogen-bond donors (Lipinski definition) is 0. The molecule has 0 saturated carbocycles. The summed E-state index contributed by atoms with van der Waals surface area (Å²) in [6.45, 7) is 3.70. The lowest BCUT2D eigenvalue weighted by Crippen LogP contribution is -2.09. The van der Waals surface area contributed by atoms with Crippen LogP contribution in [0.5, 0.6) is 0 Å². The van der Waals surface area contributed by atoms with E-state index in [1.54, 1.807) is 22.6 Å². The van der Waals surface area contributed by atoms with Gasteiger partial charge in [0.25, 0.3) is 0 Å². The molecule has 18 heavy (non-hydrogen) atoms. The van der Waals surface area contributed by atoms with E-state index in [0.29, 0.717) is 10.6 Å². The topological polar surface area (TPSA) is 52.7 Å². The Bertz CT molecular complexity index is 612. The first-order valence-corrected chi connectivity index (χ1v) is 5.99. The number of rotatable bonds is 3. The summed E-state index contributed by atoms with van der Waals surface area (Å²) in [6, 6.07) is 0. The highest BCUT2D eigenvalue weighted by Crippen LogP contribution is 2.21. The standard InChI is InChI=1S/C12H15ClN4O/c1-7-12(13)10(17(4)15-7)5-11(18)9-6-14-16(3)8(9)2/h6H,5H2,1-4H3. The van der Waals surface area contributed by atoms with Gasteiger partial charge >= 0.3 is 0 Å². The number of aromatic nitrogens is 4. The Kier molecular flexibility index (Phi) is 3.26. The molecule has 2 rings (SSSR count). The lowest BCUT2D eigenvalue weighted by molar-refractivity contribution is 0.0990. The van der Waals surface area contributed by atoms with E-state index in [0.717, 1.165) is 17.1 Å². The molecule has 0 bridgehead atoms. The van der Waals surface area contributed by atoms with Crippen LogP contribution in [0, 0.1) is 13.8 Å². The van der Waals surface area contributed by atoms with E-state index < -0.39 is 0 Å². The molecule has 0 atom stereocenters. The summed E-state index contributed by atoms with van der Waals surface area (Å²) in [7, 11) is 3.60. The molecule has 0 aliphatic rings. The van der Waals surface area contributed by atoms with E-state index in [4.69, 9.17) is 11.6 Å². The van der Waals surface area contributed by atoms with Gasteiger partial charge in [-0.05, 0) is 13.8 Å². The predicted octanol–water partition coefficient (Wildman–Crippen LogP) is 1.85. The molecular weight excluding hydrogens is 252 g/mol. The van der Waals surface area contributed by atoms with Crippen LogP contribution in [0.4, 0.5) is 0 Å². The van der Waals surface area contributed by atoms with Gasteiger partial charge in [0.05, 0.1) is 34.6 Å². The van der Waals surface area contributed by atoms with Crippen molar-refractivity contribution in [1.29, 1.82) is 0 Å². The summed E-state index contributed by atoms with van der Waals surface area (Å²) >= 11 is 6.13. The van der Waals surface area contributed by atoms with Crippen molar-refractivity contribution in [3.8, 4) is 0 Å². The average molecular weight is 267 g/mol. The van der Waals surface area contributed by atoms with Crippen LogP contribution in [0.15, 0.2) is 6.20 Å². The maximum Gasteiger partial charge on any atom is 0.172 e. The van der Waals surface area contributed by atoms with Gasteiger partial charge in [-0.15, -0.1) is 0 Å². The summed E-state index contributed by atoms with van der Waals surface area (Å²) in [5, 5.41) is 8.83. The largest absolute Gasteiger partial charge is 0.294 e. The summed E-state index contributed by atoms with van der Waals surface area (Å²) in [5.74, 6) is 0.00509. The van der Waals surface area contributed by atoms with E-state index in [1.807, 2.05) is 20.9 Å². The zero-order chi connectivity index (χ0) is 13.4. The molecule has 0 aliphatic heterocycles. The Labute approximate surface area is 110 Å². The average Bonchev–Trinajstić information content (AvgIpc) is 2.75. The number of carbonyl (C=O) groups excluding carboxylic acids is 1. The third-order valence-electron chi connectivity index (χ3n) is 3.13. The van der Waals surface area contributed by atoms with Crippen molar-refractivity contribution in [3.05, 3.63) is 33.9 Å². The van der Waals surface area contributed by atoms with Gasteiger partial charge in [0.1, 0.15) is 0 Å². The minimum atomic E-state index is 0.00509. The molecule has 2 aromatic rings. The number of nitrogens with zero attached hydrogens (tertiary/aromatic N) is 4. The van der Waals surface area contributed by atoms with Crippen LogP contribution >= 0.6 is 11.6 Å². The highest BCUT2D eigenvalue weighted by atomic mass is 35.5. The molecule has 0 radical (unpaired) electrons. The normalized spacial score (nSPS) is 10.9. The second-order valence-electron chi connectivity index (χ2n) is 4.34. The van der Waals surface area contributed by atoms with Gasteiger partial charge in [0.15, 0.2) is 5.78 Å². The molecule has 2 heterocycles. The van der Waals surface area contributed by atoms with Crippen LogP contribution in [0.25, 0.3) is 0 Å². The predicted molar refractivity (Wildman–Crippen MR) is 68.9 cm³/mol. The summed E-state index contributed by atoms with van der Waals surface area (Å²) in [6.07, 6.45) is 1.83. The fourth-order valence-corrected chi connectivity index (χ4v) is 2.12. The molecule has 5 nitrogen and oxygen atoms in total. The van der Waals surface area contributed by atoms with Crippen LogP contribution in [0.1, 0.15) is 27.4 Å². The number of Topliss-reactive ketones (excluding diaryl/α,β-unsaturated/α-hetero) is 1. The lowest BCUT2D eigenvalue weighted by Gasteiger charge is -2.02.